The maximum Gasteiger partial charge on any atom is 0.196 e. The second kappa shape index (κ2) is 5.18. The molecule has 0 spiro atoms. The van der Waals surface area contributed by atoms with E-state index in [1.54, 1.807) is 6.07 Å². The summed E-state index contributed by atoms with van der Waals surface area (Å²) in [5.41, 5.74) is 6.71. The van der Waals surface area contributed by atoms with Gasteiger partial charge in [0.1, 0.15) is 11.6 Å². The highest BCUT2D eigenvalue weighted by Crippen LogP contribution is 2.33. The van der Waals surface area contributed by atoms with Gasteiger partial charge >= 0.3 is 0 Å². The van der Waals surface area contributed by atoms with Crippen LogP contribution < -0.4 is 10.5 Å². The van der Waals surface area contributed by atoms with Gasteiger partial charge in [0.05, 0.1) is 18.4 Å². The molecule has 1 heterocycles. The Labute approximate surface area is 105 Å². The van der Waals surface area contributed by atoms with Gasteiger partial charge in [-0.3, -0.25) is 0 Å². The molecule has 18 heavy (non-hydrogen) atoms. The molecule has 0 unspecified atom stereocenters. The molecule has 1 aromatic carbocycles. The minimum absolute atomic E-state index is 0.345. The smallest absolute Gasteiger partial charge is 0.196 e. The van der Waals surface area contributed by atoms with Crippen LogP contribution in [0.4, 0.5) is 4.39 Å². The van der Waals surface area contributed by atoms with Crippen molar-refractivity contribution in [1.82, 2.24) is 4.98 Å². The van der Waals surface area contributed by atoms with Crippen LogP contribution in [0.1, 0.15) is 11.6 Å². The Balaban J connectivity index is 2.50. The van der Waals surface area contributed by atoms with E-state index >= 15 is 0 Å². The van der Waals surface area contributed by atoms with Gasteiger partial charge in [0, 0.05) is 13.0 Å². The number of rotatable bonds is 4. The van der Waals surface area contributed by atoms with Gasteiger partial charge in [-0.25, -0.2) is 9.37 Å². The number of nitrogens with two attached hydrogens (primary N) is 1. The first-order valence-electron chi connectivity index (χ1n) is 5.66. The van der Waals surface area contributed by atoms with Crippen molar-refractivity contribution in [1.29, 1.82) is 0 Å². The van der Waals surface area contributed by atoms with E-state index in [2.05, 4.69) is 4.98 Å². The van der Waals surface area contributed by atoms with Gasteiger partial charge in [0.25, 0.3) is 0 Å². The fraction of sp³-hybridized carbons (Fsp3) is 0.308. The standard InChI is InChI=1S/C13H15FN2O2/c1-8-13(18-12(16-8)5-6-15)10-7-9(14)3-4-11(10)17-2/h3-4,7H,5-6,15H2,1-2H3. The first-order chi connectivity index (χ1) is 8.65. The zero-order chi connectivity index (χ0) is 13.1. The van der Waals surface area contributed by atoms with Crippen LogP contribution in [0.5, 0.6) is 5.75 Å². The third kappa shape index (κ3) is 2.36. The topological polar surface area (TPSA) is 61.3 Å². The van der Waals surface area contributed by atoms with Crippen LogP contribution in [0.25, 0.3) is 11.3 Å². The van der Waals surface area contributed by atoms with Crippen LogP contribution in [0.3, 0.4) is 0 Å². The van der Waals surface area contributed by atoms with E-state index < -0.39 is 0 Å². The summed E-state index contributed by atoms with van der Waals surface area (Å²) in [7, 11) is 1.53. The van der Waals surface area contributed by atoms with Crippen molar-refractivity contribution in [3.63, 3.8) is 0 Å². The highest BCUT2D eigenvalue weighted by Gasteiger charge is 2.16. The van der Waals surface area contributed by atoms with Crippen LogP contribution in [-0.2, 0) is 6.42 Å². The molecule has 2 N–H and O–H groups in total. The van der Waals surface area contributed by atoms with Crippen LogP contribution in [0.15, 0.2) is 22.6 Å². The van der Waals surface area contributed by atoms with Gasteiger partial charge in [-0.1, -0.05) is 0 Å². The second-order valence-corrected chi connectivity index (χ2v) is 3.91. The average molecular weight is 250 g/mol. The normalized spacial score (nSPS) is 10.7. The maximum atomic E-state index is 13.3. The number of hydrogen-bond acceptors (Lipinski definition) is 4. The second-order valence-electron chi connectivity index (χ2n) is 3.91. The molecule has 0 saturated heterocycles. The minimum Gasteiger partial charge on any atom is -0.496 e. The Kier molecular flexibility index (Phi) is 3.62. The molecule has 4 nitrogen and oxygen atoms in total. The lowest BCUT2D eigenvalue weighted by Gasteiger charge is -2.06. The van der Waals surface area contributed by atoms with Gasteiger partial charge in [-0.2, -0.15) is 0 Å². The van der Waals surface area contributed by atoms with Gasteiger partial charge in [0.2, 0.25) is 0 Å². The summed E-state index contributed by atoms with van der Waals surface area (Å²) in [6.07, 6.45) is 0.554. The predicted octanol–water partition coefficient (Wildman–Crippen LogP) is 2.30. The molecular weight excluding hydrogens is 235 g/mol. The van der Waals surface area contributed by atoms with E-state index in [9.17, 15) is 4.39 Å². The summed E-state index contributed by atoms with van der Waals surface area (Å²) >= 11 is 0. The van der Waals surface area contributed by atoms with E-state index in [-0.39, 0.29) is 5.82 Å². The maximum absolute atomic E-state index is 13.3. The summed E-state index contributed by atoms with van der Waals surface area (Å²) in [4.78, 5) is 4.26. The zero-order valence-corrected chi connectivity index (χ0v) is 10.4. The first-order valence-corrected chi connectivity index (χ1v) is 5.66. The minimum atomic E-state index is -0.345. The molecule has 5 heteroatoms. The fourth-order valence-electron chi connectivity index (χ4n) is 1.79. The highest BCUT2D eigenvalue weighted by atomic mass is 19.1. The lowest BCUT2D eigenvalue weighted by molar-refractivity contribution is 0.412. The third-order valence-electron chi connectivity index (χ3n) is 2.61. The summed E-state index contributed by atoms with van der Waals surface area (Å²) in [6, 6.07) is 4.28. The molecule has 0 aliphatic carbocycles. The van der Waals surface area contributed by atoms with Gasteiger partial charge in [-0.15, -0.1) is 0 Å². The number of methoxy groups -OCH3 is 1. The Morgan fingerprint density at radius 3 is 2.89 bits per heavy atom. The Morgan fingerprint density at radius 2 is 2.22 bits per heavy atom. The molecule has 2 aromatic rings. The van der Waals surface area contributed by atoms with Crippen molar-refractivity contribution < 1.29 is 13.5 Å². The van der Waals surface area contributed by atoms with Crippen molar-refractivity contribution in [2.75, 3.05) is 13.7 Å². The van der Waals surface area contributed by atoms with E-state index in [1.165, 1.54) is 19.2 Å². The van der Waals surface area contributed by atoms with Crippen LogP contribution in [-0.4, -0.2) is 18.6 Å². The van der Waals surface area contributed by atoms with Gasteiger partial charge < -0.3 is 14.9 Å². The Bertz CT molecular complexity index is 552. The number of halogens is 1. The summed E-state index contributed by atoms with van der Waals surface area (Å²) in [5, 5.41) is 0. The first kappa shape index (κ1) is 12.6. The number of oxazole rings is 1. The van der Waals surface area contributed by atoms with Crippen LogP contribution in [0, 0.1) is 12.7 Å². The molecule has 0 aliphatic heterocycles. The monoisotopic (exact) mass is 250 g/mol. The van der Waals surface area contributed by atoms with Crippen LogP contribution in [0.2, 0.25) is 0 Å². The third-order valence-corrected chi connectivity index (χ3v) is 2.61. The molecular formula is C13H15FN2O2. The predicted molar refractivity (Wildman–Crippen MR) is 65.9 cm³/mol. The van der Waals surface area contributed by atoms with E-state index in [4.69, 9.17) is 14.9 Å². The van der Waals surface area contributed by atoms with Crippen LogP contribution >= 0.6 is 0 Å². The number of ether oxygens (including phenoxy) is 1. The lowest BCUT2D eigenvalue weighted by atomic mass is 10.1. The molecule has 0 amide bonds. The number of hydrogen-bond donors (Lipinski definition) is 1. The van der Waals surface area contributed by atoms with E-state index in [1.807, 2.05) is 6.92 Å². The van der Waals surface area contributed by atoms with Gasteiger partial charge in [0.15, 0.2) is 11.7 Å². The zero-order valence-electron chi connectivity index (χ0n) is 10.4. The van der Waals surface area contributed by atoms with Gasteiger partial charge in [-0.05, 0) is 25.1 Å². The molecule has 0 radical (unpaired) electrons. The van der Waals surface area contributed by atoms with Crippen molar-refractivity contribution in [2.45, 2.75) is 13.3 Å². The number of nitrogens with zero attached hydrogens (tertiary/aromatic N) is 1. The van der Waals surface area contributed by atoms with Crippen molar-refractivity contribution >= 4 is 0 Å². The molecule has 1 aromatic heterocycles. The molecule has 0 aliphatic rings. The summed E-state index contributed by atoms with van der Waals surface area (Å²) < 4.78 is 24.1. The fourth-order valence-corrected chi connectivity index (χ4v) is 1.79. The van der Waals surface area contributed by atoms with Crippen molar-refractivity contribution in [3.8, 4) is 17.1 Å². The largest absolute Gasteiger partial charge is 0.496 e. The Hall–Kier alpha value is -1.88. The summed E-state index contributed by atoms with van der Waals surface area (Å²) in [6.45, 7) is 2.27. The summed E-state index contributed by atoms with van der Waals surface area (Å²) in [5.74, 6) is 1.28. The highest BCUT2D eigenvalue weighted by molar-refractivity contribution is 5.67. The number of aromatic nitrogens is 1. The average Bonchev–Trinajstić information content (AvgIpc) is 2.70. The molecule has 0 fully saturated rings. The van der Waals surface area contributed by atoms with Crippen molar-refractivity contribution in [3.05, 3.63) is 35.6 Å². The number of benzene rings is 1. The lowest BCUT2D eigenvalue weighted by Crippen LogP contribution is -2.02. The Morgan fingerprint density at radius 1 is 1.44 bits per heavy atom. The molecule has 96 valence electrons. The van der Waals surface area contributed by atoms with Crippen molar-refractivity contribution in [2.24, 2.45) is 5.73 Å². The quantitative estimate of drug-likeness (QED) is 0.904. The molecule has 0 bridgehead atoms. The van der Waals surface area contributed by atoms with E-state index in [0.29, 0.717) is 41.6 Å². The molecule has 2 rings (SSSR count). The SMILES string of the molecule is COc1ccc(F)cc1-c1oc(CCN)nc1C. The molecule has 0 atom stereocenters. The van der Waals surface area contributed by atoms with E-state index in [0.717, 1.165) is 0 Å². The number of aryl methyl sites for hydroxylation is 1. The molecule has 0 saturated carbocycles.